The lowest BCUT2D eigenvalue weighted by molar-refractivity contribution is -0.136. The van der Waals surface area contributed by atoms with Crippen molar-refractivity contribution in [3.63, 3.8) is 0 Å². The van der Waals surface area contributed by atoms with Gasteiger partial charge in [-0.2, -0.15) is 0 Å². The first-order valence-corrected chi connectivity index (χ1v) is 9.01. The van der Waals surface area contributed by atoms with Gasteiger partial charge in [-0.25, -0.2) is 4.79 Å². The SMILES string of the molecule is COC(=O)C1=C(C)N(C[C@@H]2CCCO2)C(=O)/C1=C\c1ccc(Br)cc1. The van der Waals surface area contributed by atoms with Crippen molar-refractivity contribution >= 4 is 33.9 Å². The third kappa shape index (κ3) is 3.70. The first-order valence-electron chi connectivity index (χ1n) is 8.21. The number of allylic oxidation sites excluding steroid dienone is 1. The van der Waals surface area contributed by atoms with Crippen molar-refractivity contribution in [1.29, 1.82) is 0 Å². The van der Waals surface area contributed by atoms with Gasteiger partial charge in [0.1, 0.15) is 0 Å². The van der Waals surface area contributed by atoms with Gasteiger partial charge in [0.15, 0.2) is 0 Å². The van der Waals surface area contributed by atoms with E-state index in [2.05, 4.69) is 15.9 Å². The molecular formula is C19H20BrNO4. The van der Waals surface area contributed by atoms with Gasteiger partial charge in [-0.1, -0.05) is 28.1 Å². The van der Waals surface area contributed by atoms with Crippen molar-refractivity contribution in [1.82, 2.24) is 4.90 Å². The highest BCUT2D eigenvalue weighted by Crippen LogP contribution is 2.32. The van der Waals surface area contributed by atoms with E-state index >= 15 is 0 Å². The highest BCUT2D eigenvalue weighted by Gasteiger charge is 2.38. The molecular weight excluding hydrogens is 386 g/mol. The molecule has 5 nitrogen and oxygen atoms in total. The van der Waals surface area contributed by atoms with Crippen LogP contribution in [-0.2, 0) is 19.1 Å². The third-order valence-electron chi connectivity index (χ3n) is 4.49. The zero-order chi connectivity index (χ0) is 18.0. The number of esters is 1. The number of rotatable bonds is 4. The Bertz CT molecular complexity index is 745. The van der Waals surface area contributed by atoms with Gasteiger partial charge in [0.05, 0.1) is 30.9 Å². The molecule has 2 aliphatic heterocycles. The van der Waals surface area contributed by atoms with Gasteiger partial charge < -0.3 is 14.4 Å². The fourth-order valence-electron chi connectivity index (χ4n) is 3.17. The molecule has 0 radical (unpaired) electrons. The predicted octanol–water partition coefficient (Wildman–Crippen LogP) is 3.30. The van der Waals surface area contributed by atoms with Crippen LogP contribution < -0.4 is 0 Å². The van der Waals surface area contributed by atoms with E-state index in [9.17, 15) is 9.59 Å². The largest absolute Gasteiger partial charge is 0.465 e. The van der Waals surface area contributed by atoms with Crippen LogP contribution in [0.25, 0.3) is 6.08 Å². The van der Waals surface area contributed by atoms with E-state index in [4.69, 9.17) is 9.47 Å². The predicted molar refractivity (Wildman–Crippen MR) is 97.5 cm³/mol. The second-order valence-electron chi connectivity index (χ2n) is 6.11. The Labute approximate surface area is 155 Å². The molecule has 1 saturated heterocycles. The Hall–Kier alpha value is -1.92. The van der Waals surface area contributed by atoms with E-state index < -0.39 is 5.97 Å². The average molecular weight is 406 g/mol. The molecule has 0 N–H and O–H groups in total. The molecule has 0 unspecified atom stereocenters. The molecule has 3 rings (SSSR count). The van der Waals surface area contributed by atoms with Gasteiger partial charge in [-0.15, -0.1) is 0 Å². The van der Waals surface area contributed by atoms with E-state index in [0.717, 1.165) is 29.5 Å². The van der Waals surface area contributed by atoms with Crippen LogP contribution in [0.5, 0.6) is 0 Å². The summed E-state index contributed by atoms with van der Waals surface area (Å²) < 4.78 is 11.5. The van der Waals surface area contributed by atoms with Gasteiger partial charge in [-0.3, -0.25) is 4.79 Å². The van der Waals surface area contributed by atoms with E-state index in [1.54, 1.807) is 17.9 Å². The molecule has 0 spiro atoms. The molecule has 132 valence electrons. The molecule has 25 heavy (non-hydrogen) atoms. The maximum atomic E-state index is 12.9. The second kappa shape index (κ2) is 7.54. The first kappa shape index (κ1) is 17.9. The number of carbonyl (C=O) groups excluding carboxylic acids is 2. The average Bonchev–Trinajstić information content (AvgIpc) is 3.19. The van der Waals surface area contributed by atoms with Crippen LogP contribution in [0.4, 0.5) is 0 Å². The lowest BCUT2D eigenvalue weighted by Gasteiger charge is -2.21. The Kier molecular flexibility index (Phi) is 5.39. The Morgan fingerprint density at radius 2 is 2.12 bits per heavy atom. The third-order valence-corrected chi connectivity index (χ3v) is 5.02. The van der Waals surface area contributed by atoms with Gasteiger partial charge >= 0.3 is 5.97 Å². The van der Waals surface area contributed by atoms with Crippen molar-refractivity contribution in [3.05, 3.63) is 51.1 Å². The fraction of sp³-hybridized carbons (Fsp3) is 0.368. The monoisotopic (exact) mass is 405 g/mol. The topological polar surface area (TPSA) is 55.8 Å². The summed E-state index contributed by atoms with van der Waals surface area (Å²) >= 11 is 3.39. The number of carbonyl (C=O) groups is 2. The first-order chi connectivity index (χ1) is 12.0. The summed E-state index contributed by atoms with van der Waals surface area (Å²) in [5.41, 5.74) is 2.16. The minimum Gasteiger partial charge on any atom is -0.465 e. The summed E-state index contributed by atoms with van der Waals surface area (Å²) in [5.74, 6) is -0.680. The number of nitrogens with zero attached hydrogens (tertiary/aromatic N) is 1. The molecule has 2 aliphatic rings. The lowest BCUT2D eigenvalue weighted by atomic mass is 10.0. The highest BCUT2D eigenvalue weighted by molar-refractivity contribution is 9.10. The number of benzene rings is 1. The zero-order valence-electron chi connectivity index (χ0n) is 14.3. The van der Waals surface area contributed by atoms with E-state index in [1.165, 1.54) is 7.11 Å². The van der Waals surface area contributed by atoms with Gasteiger partial charge in [-0.05, 0) is 43.5 Å². The van der Waals surface area contributed by atoms with Crippen molar-refractivity contribution in [2.24, 2.45) is 0 Å². The smallest absolute Gasteiger partial charge is 0.340 e. The highest BCUT2D eigenvalue weighted by atomic mass is 79.9. The molecule has 1 fully saturated rings. The minimum atomic E-state index is -0.496. The molecule has 0 aromatic heterocycles. The second-order valence-corrected chi connectivity index (χ2v) is 7.03. The zero-order valence-corrected chi connectivity index (χ0v) is 15.8. The summed E-state index contributed by atoms with van der Waals surface area (Å²) in [5, 5.41) is 0. The molecule has 1 aromatic rings. The Morgan fingerprint density at radius 1 is 1.40 bits per heavy atom. The number of amides is 1. The van der Waals surface area contributed by atoms with Gasteiger partial charge in [0.25, 0.3) is 5.91 Å². The lowest BCUT2D eigenvalue weighted by Crippen LogP contribution is -2.33. The molecule has 0 bridgehead atoms. The molecule has 6 heteroatoms. The van der Waals surface area contributed by atoms with Crippen LogP contribution >= 0.6 is 15.9 Å². The van der Waals surface area contributed by atoms with Crippen molar-refractivity contribution in [2.75, 3.05) is 20.3 Å². The number of ether oxygens (including phenoxy) is 2. The van der Waals surface area contributed by atoms with Crippen LogP contribution in [0.2, 0.25) is 0 Å². The van der Waals surface area contributed by atoms with Crippen LogP contribution in [0.15, 0.2) is 45.6 Å². The molecule has 2 heterocycles. The summed E-state index contributed by atoms with van der Waals surface area (Å²) in [6, 6.07) is 7.56. The summed E-state index contributed by atoms with van der Waals surface area (Å²) in [6.45, 7) is 2.96. The Balaban J connectivity index is 1.96. The molecule has 1 aromatic carbocycles. The van der Waals surface area contributed by atoms with E-state index in [1.807, 2.05) is 24.3 Å². The molecule has 0 saturated carbocycles. The number of methoxy groups -OCH3 is 1. The van der Waals surface area contributed by atoms with Gasteiger partial charge in [0.2, 0.25) is 0 Å². The molecule has 1 atom stereocenters. The van der Waals surface area contributed by atoms with Crippen LogP contribution in [-0.4, -0.2) is 43.1 Å². The van der Waals surface area contributed by atoms with Gasteiger partial charge in [0, 0.05) is 16.8 Å². The maximum absolute atomic E-state index is 12.9. The standard InChI is InChI=1S/C19H20BrNO4/c1-12-17(19(23)24-2)16(10-13-5-7-14(20)8-6-13)18(22)21(12)11-15-4-3-9-25-15/h5-8,10,15H,3-4,9,11H2,1-2H3/b16-10-/t15-/m0/s1. The number of halogens is 1. The minimum absolute atomic E-state index is 0.0184. The number of hydrogen-bond acceptors (Lipinski definition) is 4. The molecule has 0 aliphatic carbocycles. The van der Waals surface area contributed by atoms with Crippen LogP contribution in [0.3, 0.4) is 0 Å². The van der Waals surface area contributed by atoms with Crippen molar-refractivity contribution < 1.29 is 19.1 Å². The van der Waals surface area contributed by atoms with E-state index in [-0.39, 0.29) is 12.0 Å². The van der Waals surface area contributed by atoms with E-state index in [0.29, 0.717) is 23.4 Å². The summed E-state index contributed by atoms with van der Waals surface area (Å²) in [7, 11) is 1.33. The summed E-state index contributed by atoms with van der Waals surface area (Å²) in [4.78, 5) is 26.9. The Morgan fingerprint density at radius 3 is 2.72 bits per heavy atom. The van der Waals surface area contributed by atoms with Crippen molar-refractivity contribution in [2.45, 2.75) is 25.9 Å². The van der Waals surface area contributed by atoms with Crippen LogP contribution in [0, 0.1) is 0 Å². The maximum Gasteiger partial charge on any atom is 0.340 e. The normalized spacial score (nSPS) is 22.2. The number of hydrogen-bond donors (Lipinski definition) is 0. The summed E-state index contributed by atoms with van der Waals surface area (Å²) in [6.07, 6.45) is 3.68. The molecule has 1 amide bonds. The van der Waals surface area contributed by atoms with Crippen LogP contribution in [0.1, 0.15) is 25.3 Å². The van der Waals surface area contributed by atoms with Crippen molar-refractivity contribution in [3.8, 4) is 0 Å². The fourth-order valence-corrected chi connectivity index (χ4v) is 3.43. The quantitative estimate of drug-likeness (QED) is 0.569.